The maximum Gasteiger partial charge on any atom is 0.326 e. The number of rotatable bonds is 13. The summed E-state index contributed by atoms with van der Waals surface area (Å²) < 4.78 is 0. The lowest BCUT2D eigenvalue weighted by Gasteiger charge is -2.22. The number of amides is 3. The zero-order valence-corrected chi connectivity index (χ0v) is 17.5. The molecule has 1 aromatic carbocycles. The number of aliphatic carboxylic acids is 1. The predicted molar refractivity (Wildman–Crippen MR) is 113 cm³/mol. The number of carboxylic acids is 1. The number of aliphatic hydroxyl groups excluding tert-OH is 1. The van der Waals surface area contributed by atoms with Gasteiger partial charge in [0.05, 0.1) is 13.2 Å². The molecule has 30 heavy (non-hydrogen) atoms. The summed E-state index contributed by atoms with van der Waals surface area (Å²) in [7, 11) is 0. The highest BCUT2D eigenvalue weighted by Gasteiger charge is 2.26. The number of nitrogens with two attached hydrogens (primary N) is 1. The fraction of sp³-hybridized carbons (Fsp3) is 0.474. The molecule has 3 unspecified atom stereocenters. The molecule has 0 fully saturated rings. The maximum absolute atomic E-state index is 12.7. The lowest BCUT2D eigenvalue weighted by Crippen LogP contribution is -2.54. The van der Waals surface area contributed by atoms with Crippen molar-refractivity contribution < 1.29 is 29.4 Å². The Kier molecular flexibility index (Phi) is 11.5. The van der Waals surface area contributed by atoms with E-state index in [9.17, 15) is 24.3 Å². The van der Waals surface area contributed by atoms with Crippen molar-refractivity contribution in [2.45, 2.75) is 31.0 Å². The Labute approximate surface area is 179 Å². The molecule has 0 radical (unpaired) electrons. The van der Waals surface area contributed by atoms with E-state index in [0.717, 1.165) is 5.56 Å². The third kappa shape index (κ3) is 9.25. The molecule has 0 aromatic heterocycles. The normalized spacial score (nSPS) is 13.6. The van der Waals surface area contributed by atoms with E-state index in [1.54, 1.807) is 30.3 Å². The largest absolute Gasteiger partial charge is 0.480 e. The van der Waals surface area contributed by atoms with Crippen molar-refractivity contribution in [2.75, 3.05) is 25.2 Å². The second kappa shape index (κ2) is 13.6. The molecule has 11 heteroatoms. The molecule has 3 atom stereocenters. The van der Waals surface area contributed by atoms with Crippen molar-refractivity contribution in [1.82, 2.24) is 16.0 Å². The van der Waals surface area contributed by atoms with Crippen LogP contribution in [0, 0.1) is 0 Å². The molecule has 0 bridgehead atoms. The van der Waals surface area contributed by atoms with Gasteiger partial charge in [0.1, 0.15) is 18.1 Å². The highest BCUT2D eigenvalue weighted by molar-refractivity contribution is 7.98. The molecule has 7 N–H and O–H groups in total. The van der Waals surface area contributed by atoms with Crippen LogP contribution in [0.3, 0.4) is 0 Å². The first kappa shape index (κ1) is 25.4. The van der Waals surface area contributed by atoms with Crippen LogP contribution in [0.25, 0.3) is 0 Å². The number of aliphatic hydroxyl groups is 1. The van der Waals surface area contributed by atoms with Crippen LogP contribution in [0.1, 0.15) is 12.0 Å². The summed E-state index contributed by atoms with van der Waals surface area (Å²) in [5.74, 6) is -2.61. The first-order valence-electron chi connectivity index (χ1n) is 9.28. The van der Waals surface area contributed by atoms with E-state index >= 15 is 0 Å². The first-order valence-corrected chi connectivity index (χ1v) is 10.7. The van der Waals surface area contributed by atoms with Crippen LogP contribution in [-0.2, 0) is 25.6 Å². The van der Waals surface area contributed by atoms with Gasteiger partial charge in [0.15, 0.2) is 0 Å². The van der Waals surface area contributed by atoms with E-state index in [1.807, 2.05) is 6.26 Å². The van der Waals surface area contributed by atoms with Gasteiger partial charge in [-0.1, -0.05) is 30.3 Å². The molecule has 0 heterocycles. The highest BCUT2D eigenvalue weighted by atomic mass is 32.2. The van der Waals surface area contributed by atoms with Gasteiger partial charge in [-0.15, -0.1) is 0 Å². The number of carbonyl (C=O) groups is 4. The molecule has 0 aliphatic rings. The Morgan fingerprint density at radius 1 is 1.07 bits per heavy atom. The summed E-state index contributed by atoms with van der Waals surface area (Å²) in [4.78, 5) is 48.0. The van der Waals surface area contributed by atoms with Crippen LogP contribution in [0.4, 0.5) is 0 Å². The maximum atomic E-state index is 12.7. The van der Waals surface area contributed by atoms with E-state index < -0.39 is 55.0 Å². The minimum Gasteiger partial charge on any atom is -0.480 e. The molecule has 1 rings (SSSR count). The topological polar surface area (TPSA) is 171 Å². The number of benzene rings is 1. The van der Waals surface area contributed by atoms with Crippen molar-refractivity contribution in [1.29, 1.82) is 0 Å². The van der Waals surface area contributed by atoms with Gasteiger partial charge in [-0.3, -0.25) is 14.4 Å². The van der Waals surface area contributed by atoms with Crippen LogP contribution in [0.2, 0.25) is 0 Å². The molecule has 0 saturated carbocycles. The Morgan fingerprint density at radius 2 is 1.73 bits per heavy atom. The summed E-state index contributed by atoms with van der Waals surface area (Å²) in [6.45, 7) is -1.01. The van der Waals surface area contributed by atoms with Gasteiger partial charge >= 0.3 is 5.97 Å². The molecule has 3 amide bonds. The van der Waals surface area contributed by atoms with E-state index in [-0.39, 0.29) is 12.8 Å². The van der Waals surface area contributed by atoms with Gasteiger partial charge in [-0.05, 0) is 24.0 Å². The fourth-order valence-electron chi connectivity index (χ4n) is 2.45. The molecule has 1 aromatic rings. The molecular formula is C19H28N4O6S. The van der Waals surface area contributed by atoms with Gasteiger partial charge in [-0.2, -0.15) is 11.8 Å². The minimum absolute atomic E-state index is 0.136. The second-order valence-corrected chi connectivity index (χ2v) is 7.48. The monoisotopic (exact) mass is 440 g/mol. The van der Waals surface area contributed by atoms with Crippen LogP contribution in [0.15, 0.2) is 30.3 Å². The molecule has 0 aliphatic carbocycles. The van der Waals surface area contributed by atoms with Crippen LogP contribution >= 0.6 is 11.8 Å². The summed E-state index contributed by atoms with van der Waals surface area (Å²) in [5, 5.41) is 25.4. The van der Waals surface area contributed by atoms with Gasteiger partial charge in [-0.25, -0.2) is 4.79 Å². The average Bonchev–Trinajstić information content (AvgIpc) is 2.74. The number of nitrogens with one attached hydrogen (secondary N) is 3. The number of carbonyl (C=O) groups excluding carboxylic acids is 3. The summed E-state index contributed by atoms with van der Waals surface area (Å²) in [6, 6.07) is 5.63. The predicted octanol–water partition coefficient (Wildman–Crippen LogP) is -1.53. The van der Waals surface area contributed by atoms with Crippen molar-refractivity contribution >= 4 is 35.5 Å². The van der Waals surface area contributed by atoms with Gasteiger partial charge in [0, 0.05) is 6.42 Å². The molecule has 0 spiro atoms. The Hall–Kier alpha value is -2.63. The lowest BCUT2D eigenvalue weighted by atomic mass is 10.0. The molecule has 166 valence electrons. The molecule has 0 saturated heterocycles. The van der Waals surface area contributed by atoms with E-state index in [0.29, 0.717) is 5.75 Å². The second-order valence-electron chi connectivity index (χ2n) is 6.50. The third-order valence-electron chi connectivity index (χ3n) is 4.12. The Balaban J connectivity index is 2.82. The Bertz CT molecular complexity index is 718. The van der Waals surface area contributed by atoms with Crippen molar-refractivity contribution in [3.05, 3.63) is 35.9 Å². The highest BCUT2D eigenvalue weighted by Crippen LogP contribution is 2.06. The van der Waals surface area contributed by atoms with Gasteiger partial charge < -0.3 is 31.9 Å². The fourth-order valence-corrected chi connectivity index (χ4v) is 2.92. The standard InChI is InChI=1S/C19H28N4O6S/c1-30-8-7-14(19(28)29)23-18(27)15(9-12-5-3-2-4-6-12)22-16(25)10-21-17(26)13(20)11-24/h2-6,13-15,24H,7-11,20H2,1H3,(H,21,26)(H,22,25)(H,23,27)(H,28,29). The zero-order valence-electron chi connectivity index (χ0n) is 16.7. The summed E-state index contributed by atoms with van der Waals surface area (Å²) in [6.07, 6.45) is 2.21. The number of hydrogen-bond acceptors (Lipinski definition) is 7. The lowest BCUT2D eigenvalue weighted by molar-refractivity contribution is -0.142. The number of carboxylic acid groups (broad SMARTS) is 1. The van der Waals surface area contributed by atoms with Gasteiger partial charge in [0.25, 0.3) is 0 Å². The van der Waals surface area contributed by atoms with Crippen molar-refractivity contribution in [3.8, 4) is 0 Å². The third-order valence-corrected chi connectivity index (χ3v) is 4.76. The van der Waals surface area contributed by atoms with E-state index in [1.165, 1.54) is 11.8 Å². The van der Waals surface area contributed by atoms with Crippen LogP contribution < -0.4 is 21.7 Å². The molecule has 0 aliphatic heterocycles. The Morgan fingerprint density at radius 3 is 2.30 bits per heavy atom. The SMILES string of the molecule is CSCCC(NC(=O)C(Cc1ccccc1)NC(=O)CNC(=O)C(N)CO)C(=O)O. The van der Waals surface area contributed by atoms with E-state index in [2.05, 4.69) is 16.0 Å². The summed E-state index contributed by atoms with van der Waals surface area (Å²) in [5.41, 5.74) is 6.13. The molecular weight excluding hydrogens is 412 g/mol. The van der Waals surface area contributed by atoms with Crippen molar-refractivity contribution in [3.63, 3.8) is 0 Å². The summed E-state index contributed by atoms with van der Waals surface area (Å²) >= 11 is 1.46. The van der Waals surface area contributed by atoms with Crippen LogP contribution in [0.5, 0.6) is 0 Å². The zero-order chi connectivity index (χ0) is 22.5. The van der Waals surface area contributed by atoms with Gasteiger partial charge in [0.2, 0.25) is 17.7 Å². The average molecular weight is 441 g/mol. The number of hydrogen-bond donors (Lipinski definition) is 6. The quantitative estimate of drug-likeness (QED) is 0.214. The van der Waals surface area contributed by atoms with E-state index in [4.69, 9.17) is 10.8 Å². The smallest absolute Gasteiger partial charge is 0.326 e. The minimum atomic E-state index is -1.16. The number of thioether (sulfide) groups is 1. The van der Waals surface area contributed by atoms with Crippen LogP contribution in [-0.4, -0.2) is 77.2 Å². The van der Waals surface area contributed by atoms with Crippen molar-refractivity contribution in [2.24, 2.45) is 5.73 Å². The first-order chi connectivity index (χ1) is 14.3. The molecule has 10 nitrogen and oxygen atoms in total.